The van der Waals surface area contributed by atoms with E-state index in [-0.39, 0.29) is 29.4 Å². The third-order valence-electron chi connectivity index (χ3n) is 2.97. The van der Waals surface area contributed by atoms with E-state index >= 15 is 0 Å². The molecule has 0 heterocycles. The van der Waals surface area contributed by atoms with Crippen LogP contribution >= 0.6 is 12.2 Å². The van der Waals surface area contributed by atoms with Crippen LogP contribution < -0.4 is 16.4 Å². The largest absolute Gasteiger partial charge is 0.392 e. The molecule has 2 amide bonds. The summed E-state index contributed by atoms with van der Waals surface area (Å²) >= 11 is 4.97. The van der Waals surface area contributed by atoms with Gasteiger partial charge in [-0.05, 0) is 26.7 Å². The average Bonchev–Trinajstić information content (AvgIpc) is 2.27. The SMILES string of the molecule is CCC(CC)(C(=O)NCC(=O)NC(C)C)C(N)=S. The molecule has 0 aliphatic rings. The fraction of sp³-hybridized carbons (Fsp3) is 0.750. The van der Waals surface area contributed by atoms with Crippen LogP contribution in [0.3, 0.4) is 0 Å². The lowest BCUT2D eigenvalue weighted by Crippen LogP contribution is -2.50. The average molecular weight is 273 g/mol. The number of carbonyl (C=O) groups is 2. The molecule has 6 heteroatoms. The Morgan fingerprint density at radius 3 is 2.11 bits per heavy atom. The van der Waals surface area contributed by atoms with Gasteiger partial charge >= 0.3 is 0 Å². The molecule has 0 fully saturated rings. The molecule has 0 rings (SSSR count). The van der Waals surface area contributed by atoms with Gasteiger partial charge < -0.3 is 16.4 Å². The minimum absolute atomic E-state index is 0.0482. The highest BCUT2D eigenvalue weighted by atomic mass is 32.1. The maximum atomic E-state index is 12.1. The Labute approximate surface area is 114 Å². The molecule has 0 saturated heterocycles. The van der Waals surface area contributed by atoms with Gasteiger partial charge in [-0.2, -0.15) is 0 Å². The molecule has 0 saturated carbocycles. The molecular formula is C12H23N3O2S. The van der Waals surface area contributed by atoms with Crippen LogP contribution in [0.4, 0.5) is 0 Å². The van der Waals surface area contributed by atoms with Gasteiger partial charge in [-0.25, -0.2) is 0 Å². The van der Waals surface area contributed by atoms with Crippen LogP contribution in [-0.4, -0.2) is 29.4 Å². The molecule has 0 aromatic rings. The number of nitrogens with two attached hydrogens (primary N) is 1. The fourth-order valence-electron chi connectivity index (χ4n) is 1.73. The van der Waals surface area contributed by atoms with E-state index < -0.39 is 5.41 Å². The Kier molecular flexibility index (Phi) is 6.83. The lowest BCUT2D eigenvalue weighted by atomic mass is 9.81. The van der Waals surface area contributed by atoms with E-state index in [1.807, 2.05) is 27.7 Å². The maximum Gasteiger partial charge on any atom is 0.239 e. The molecule has 104 valence electrons. The van der Waals surface area contributed by atoms with E-state index in [0.29, 0.717) is 12.8 Å². The van der Waals surface area contributed by atoms with Gasteiger partial charge in [-0.1, -0.05) is 26.1 Å². The Balaban J connectivity index is 4.55. The summed E-state index contributed by atoms with van der Waals surface area (Å²) in [4.78, 5) is 23.7. The predicted octanol–water partition coefficient (Wildman–Crippen LogP) is 0.720. The molecule has 0 aromatic carbocycles. The van der Waals surface area contributed by atoms with Gasteiger partial charge in [-0.3, -0.25) is 9.59 Å². The standard InChI is InChI=1S/C12H23N3O2S/c1-5-12(6-2,10(13)18)11(17)14-7-9(16)15-8(3)4/h8H,5-7H2,1-4H3,(H2,13,18)(H,14,17)(H,15,16). The minimum atomic E-state index is -0.854. The summed E-state index contributed by atoms with van der Waals surface area (Å²) in [7, 11) is 0. The van der Waals surface area contributed by atoms with Crippen molar-refractivity contribution >= 4 is 29.0 Å². The van der Waals surface area contributed by atoms with Gasteiger partial charge in [-0.15, -0.1) is 0 Å². The molecule has 0 aromatic heterocycles. The lowest BCUT2D eigenvalue weighted by molar-refractivity contribution is -0.130. The van der Waals surface area contributed by atoms with Crippen molar-refractivity contribution in [3.8, 4) is 0 Å². The van der Waals surface area contributed by atoms with Crippen molar-refractivity contribution in [3.05, 3.63) is 0 Å². The normalized spacial score (nSPS) is 11.2. The summed E-state index contributed by atoms with van der Waals surface area (Å²) in [5, 5.41) is 5.29. The van der Waals surface area contributed by atoms with Crippen LogP contribution in [0.15, 0.2) is 0 Å². The third-order valence-corrected chi connectivity index (χ3v) is 3.36. The summed E-state index contributed by atoms with van der Waals surface area (Å²) in [6.45, 7) is 7.38. The summed E-state index contributed by atoms with van der Waals surface area (Å²) < 4.78 is 0. The van der Waals surface area contributed by atoms with Gasteiger partial charge in [0.15, 0.2) is 0 Å². The van der Waals surface area contributed by atoms with E-state index in [9.17, 15) is 9.59 Å². The van der Waals surface area contributed by atoms with Crippen molar-refractivity contribution in [2.75, 3.05) is 6.54 Å². The Hall–Kier alpha value is -1.17. The minimum Gasteiger partial charge on any atom is -0.392 e. The quantitative estimate of drug-likeness (QED) is 0.597. The lowest BCUT2D eigenvalue weighted by Gasteiger charge is -2.28. The number of rotatable bonds is 7. The van der Waals surface area contributed by atoms with Crippen LogP contribution in [0, 0.1) is 5.41 Å². The molecule has 0 atom stereocenters. The second-order valence-corrected chi connectivity index (χ2v) is 5.00. The highest BCUT2D eigenvalue weighted by Gasteiger charge is 2.37. The van der Waals surface area contributed by atoms with Crippen LogP contribution in [0.25, 0.3) is 0 Å². The van der Waals surface area contributed by atoms with Crippen LogP contribution in [0.5, 0.6) is 0 Å². The fourth-order valence-corrected chi connectivity index (χ4v) is 2.12. The first-order valence-corrected chi connectivity index (χ1v) is 6.58. The number of hydrogen-bond donors (Lipinski definition) is 3. The van der Waals surface area contributed by atoms with Gasteiger partial charge in [0.25, 0.3) is 0 Å². The predicted molar refractivity (Wildman–Crippen MR) is 76.1 cm³/mol. The summed E-state index contributed by atoms with van der Waals surface area (Å²) in [5.41, 5.74) is 4.80. The zero-order valence-corrected chi connectivity index (χ0v) is 12.3. The molecular weight excluding hydrogens is 250 g/mol. The monoisotopic (exact) mass is 273 g/mol. The van der Waals surface area contributed by atoms with Crippen LogP contribution in [0.1, 0.15) is 40.5 Å². The van der Waals surface area contributed by atoms with Crippen molar-refractivity contribution in [1.29, 1.82) is 0 Å². The molecule has 5 nitrogen and oxygen atoms in total. The summed E-state index contributed by atoms with van der Waals surface area (Å²) in [6.07, 6.45) is 1.05. The van der Waals surface area contributed by atoms with Gasteiger partial charge in [0.1, 0.15) is 0 Å². The molecule has 0 radical (unpaired) electrons. The first-order valence-electron chi connectivity index (χ1n) is 6.17. The highest BCUT2D eigenvalue weighted by Crippen LogP contribution is 2.26. The van der Waals surface area contributed by atoms with E-state index in [2.05, 4.69) is 10.6 Å². The first-order chi connectivity index (χ1) is 8.30. The number of amides is 2. The zero-order valence-electron chi connectivity index (χ0n) is 11.5. The number of thiocarbonyl (C=S) groups is 1. The van der Waals surface area contributed by atoms with E-state index in [4.69, 9.17) is 18.0 Å². The van der Waals surface area contributed by atoms with Gasteiger partial charge in [0, 0.05) is 6.04 Å². The molecule has 4 N–H and O–H groups in total. The zero-order chi connectivity index (χ0) is 14.3. The Morgan fingerprint density at radius 1 is 1.28 bits per heavy atom. The smallest absolute Gasteiger partial charge is 0.239 e. The van der Waals surface area contributed by atoms with Crippen LogP contribution in [0.2, 0.25) is 0 Å². The topological polar surface area (TPSA) is 84.2 Å². The number of hydrogen-bond acceptors (Lipinski definition) is 3. The van der Waals surface area contributed by atoms with E-state index in [0.717, 1.165) is 0 Å². The van der Waals surface area contributed by atoms with Crippen molar-refractivity contribution in [2.24, 2.45) is 11.1 Å². The van der Waals surface area contributed by atoms with Crippen molar-refractivity contribution in [1.82, 2.24) is 10.6 Å². The number of carbonyl (C=O) groups excluding carboxylic acids is 2. The molecule has 0 aliphatic carbocycles. The molecule has 0 aliphatic heterocycles. The molecule has 0 bridgehead atoms. The second kappa shape index (κ2) is 7.31. The van der Waals surface area contributed by atoms with E-state index in [1.54, 1.807) is 0 Å². The maximum absolute atomic E-state index is 12.1. The number of nitrogens with one attached hydrogen (secondary N) is 2. The van der Waals surface area contributed by atoms with Crippen molar-refractivity contribution in [2.45, 2.75) is 46.6 Å². The highest BCUT2D eigenvalue weighted by molar-refractivity contribution is 7.80. The Bertz CT molecular complexity index is 325. The van der Waals surface area contributed by atoms with E-state index in [1.165, 1.54) is 0 Å². The third kappa shape index (κ3) is 4.25. The Morgan fingerprint density at radius 2 is 1.78 bits per heavy atom. The molecule has 0 unspecified atom stereocenters. The van der Waals surface area contributed by atoms with Crippen molar-refractivity contribution < 1.29 is 9.59 Å². The molecule has 0 spiro atoms. The van der Waals surface area contributed by atoms with Crippen LogP contribution in [-0.2, 0) is 9.59 Å². The second-order valence-electron chi connectivity index (χ2n) is 4.56. The first kappa shape index (κ1) is 16.8. The van der Waals surface area contributed by atoms with Gasteiger partial charge in [0.2, 0.25) is 11.8 Å². The molecule has 18 heavy (non-hydrogen) atoms. The van der Waals surface area contributed by atoms with Crippen molar-refractivity contribution in [3.63, 3.8) is 0 Å². The summed E-state index contributed by atoms with van der Waals surface area (Å²) in [6, 6.07) is 0.0482. The summed E-state index contributed by atoms with van der Waals surface area (Å²) in [5.74, 6) is -0.499. The van der Waals surface area contributed by atoms with Gasteiger partial charge in [0.05, 0.1) is 16.9 Å².